The van der Waals surface area contributed by atoms with E-state index in [0.29, 0.717) is 18.8 Å². The van der Waals surface area contributed by atoms with Gasteiger partial charge in [-0.25, -0.2) is 9.50 Å². The number of β-amino-alcohol motifs (C(OH)–C–C–N with tert-alkyl or cyclic N) is 1. The van der Waals surface area contributed by atoms with E-state index in [-0.39, 0.29) is 18.0 Å². The molecular weight excluding hydrogens is 458 g/mol. The monoisotopic (exact) mass is 487 g/mol. The van der Waals surface area contributed by atoms with Gasteiger partial charge in [0.15, 0.2) is 5.82 Å². The van der Waals surface area contributed by atoms with Gasteiger partial charge in [0.25, 0.3) is 0 Å². The van der Waals surface area contributed by atoms with Gasteiger partial charge < -0.3 is 20.5 Å². The third kappa shape index (κ3) is 3.82. The van der Waals surface area contributed by atoms with E-state index < -0.39 is 6.10 Å². The number of benzene rings is 1. The second kappa shape index (κ2) is 9.03. The molecule has 4 aromatic rings. The van der Waals surface area contributed by atoms with Crippen LogP contribution in [0.2, 0.25) is 0 Å². The first-order valence-electron chi connectivity index (χ1n) is 12.3. The van der Waals surface area contributed by atoms with Crippen LogP contribution in [0.5, 0.6) is 0 Å². The third-order valence-electron chi connectivity index (χ3n) is 7.32. The van der Waals surface area contributed by atoms with Gasteiger partial charge in [0.05, 0.1) is 29.6 Å². The van der Waals surface area contributed by atoms with Crippen LogP contribution in [-0.2, 0) is 9.53 Å². The summed E-state index contributed by atoms with van der Waals surface area (Å²) in [6.45, 7) is 3.33. The van der Waals surface area contributed by atoms with Gasteiger partial charge in [-0.3, -0.25) is 9.48 Å². The molecule has 0 spiro atoms. The second-order valence-corrected chi connectivity index (χ2v) is 9.56. The van der Waals surface area contributed by atoms with Crippen LogP contribution in [0.25, 0.3) is 28.0 Å². The first-order chi connectivity index (χ1) is 17.5. The van der Waals surface area contributed by atoms with Crippen molar-refractivity contribution >= 4 is 17.2 Å². The van der Waals surface area contributed by atoms with Crippen LogP contribution in [0, 0.1) is 0 Å². The maximum Gasteiger partial charge on any atom is 0.220 e. The van der Waals surface area contributed by atoms with E-state index in [2.05, 4.69) is 32.0 Å². The number of anilines is 1. The molecule has 1 amide bonds. The summed E-state index contributed by atoms with van der Waals surface area (Å²) in [5.41, 5.74) is 11.8. The van der Waals surface area contributed by atoms with E-state index in [1.54, 1.807) is 11.8 Å². The quantitative estimate of drug-likeness (QED) is 0.454. The summed E-state index contributed by atoms with van der Waals surface area (Å²) in [7, 11) is 0. The summed E-state index contributed by atoms with van der Waals surface area (Å²) in [6, 6.07) is 12.2. The summed E-state index contributed by atoms with van der Waals surface area (Å²) in [6.07, 6.45) is 5.07. The van der Waals surface area contributed by atoms with E-state index in [1.165, 1.54) is 6.33 Å². The Labute approximate surface area is 208 Å². The standard InChI is InChI=1S/C26H29N7O3/c1-16(34)31-14-20(35)12-23(31)17-3-2-4-18(11-17)24-13-21(25-26(27)28-15-30-33(24)25)22-5-8-29-32(22)19-6-9-36-10-7-19/h2-5,8,11,13,15,19-20,23,35H,6-7,9-10,12,14H2,1H3,(H2,27,28,30)/t20-,23+/m1/s1. The largest absolute Gasteiger partial charge is 0.391 e. The number of fused-ring (bicyclic) bond motifs is 1. The molecule has 36 heavy (non-hydrogen) atoms. The predicted octanol–water partition coefficient (Wildman–Crippen LogP) is 2.85. The van der Waals surface area contributed by atoms with Gasteiger partial charge in [0.2, 0.25) is 5.91 Å². The van der Waals surface area contributed by atoms with Crippen LogP contribution >= 0.6 is 0 Å². The predicted molar refractivity (Wildman–Crippen MR) is 134 cm³/mol. The van der Waals surface area contributed by atoms with Crippen molar-refractivity contribution < 1.29 is 14.6 Å². The van der Waals surface area contributed by atoms with Crippen molar-refractivity contribution in [2.24, 2.45) is 0 Å². The highest BCUT2D eigenvalue weighted by atomic mass is 16.5. The minimum atomic E-state index is -0.527. The highest BCUT2D eigenvalue weighted by Crippen LogP contribution is 2.38. The normalized spacial score (nSPS) is 20.9. The number of hydrogen-bond acceptors (Lipinski definition) is 7. The van der Waals surface area contributed by atoms with Crippen molar-refractivity contribution in [3.05, 3.63) is 54.5 Å². The molecule has 6 rings (SSSR count). The third-order valence-corrected chi connectivity index (χ3v) is 7.32. The minimum Gasteiger partial charge on any atom is -0.391 e. The number of nitrogens with zero attached hydrogens (tertiary/aromatic N) is 6. The molecule has 0 bridgehead atoms. The number of aliphatic hydroxyl groups excluding tert-OH is 1. The fraction of sp³-hybridized carbons (Fsp3) is 0.385. The van der Waals surface area contributed by atoms with Gasteiger partial charge in [-0.2, -0.15) is 10.2 Å². The first-order valence-corrected chi connectivity index (χ1v) is 12.3. The maximum atomic E-state index is 12.2. The lowest BCUT2D eigenvalue weighted by molar-refractivity contribution is -0.130. The topological polar surface area (TPSA) is 124 Å². The van der Waals surface area contributed by atoms with Crippen molar-refractivity contribution in [1.29, 1.82) is 0 Å². The van der Waals surface area contributed by atoms with Crippen LogP contribution in [0.4, 0.5) is 5.82 Å². The Hall–Kier alpha value is -3.76. The fourth-order valence-corrected chi connectivity index (χ4v) is 5.60. The number of ether oxygens (including phenoxy) is 1. The molecule has 0 radical (unpaired) electrons. The van der Waals surface area contributed by atoms with Gasteiger partial charge in [-0.1, -0.05) is 18.2 Å². The zero-order valence-electron chi connectivity index (χ0n) is 20.1. The van der Waals surface area contributed by atoms with E-state index in [4.69, 9.17) is 10.5 Å². The van der Waals surface area contributed by atoms with Crippen molar-refractivity contribution in [3.63, 3.8) is 0 Å². The molecular formula is C26H29N7O3. The Kier molecular flexibility index (Phi) is 5.69. The number of rotatable bonds is 4. The Bertz CT molecular complexity index is 1420. The lowest BCUT2D eigenvalue weighted by Crippen LogP contribution is -2.29. The number of amides is 1. The smallest absolute Gasteiger partial charge is 0.220 e. The molecule has 3 N–H and O–H groups in total. The molecule has 2 saturated heterocycles. The average Bonchev–Trinajstić information content (AvgIpc) is 3.62. The van der Waals surface area contributed by atoms with E-state index in [1.807, 2.05) is 35.0 Å². The Morgan fingerprint density at radius 2 is 1.97 bits per heavy atom. The Balaban J connectivity index is 1.47. The zero-order valence-corrected chi connectivity index (χ0v) is 20.1. The highest BCUT2D eigenvalue weighted by Gasteiger charge is 2.34. The molecule has 10 heteroatoms. The summed E-state index contributed by atoms with van der Waals surface area (Å²) in [5.74, 6) is 0.350. The van der Waals surface area contributed by atoms with Crippen LogP contribution in [0.1, 0.15) is 43.8 Å². The van der Waals surface area contributed by atoms with Gasteiger partial charge in [-0.05, 0) is 43.0 Å². The molecule has 10 nitrogen and oxygen atoms in total. The molecule has 0 unspecified atom stereocenters. The number of carbonyl (C=O) groups is 1. The molecule has 3 aromatic heterocycles. The first kappa shape index (κ1) is 22.7. The van der Waals surface area contributed by atoms with Crippen LogP contribution in [0.15, 0.2) is 48.9 Å². The second-order valence-electron chi connectivity index (χ2n) is 9.56. The average molecular weight is 488 g/mol. The van der Waals surface area contributed by atoms with Crippen LogP contribution in [-0.4, -0.2) is 66.2 Å². The van der Waals surface area contributed by atoms with Crippen LogP contribution < -0.4 is 5.73 Å². The lowest BCUT2D eigenvalue weighted by atomic mass is 10.00. The summed E-state index contributed by atoms with van der Waals surface area (Å²) in [5, 5.41) is 19.4. The van der Waals surface area contributed by atoms with Crippen molar-refractivity contribution in [2.45, 2.75) is 44.4 Å². The molecule has 0 saturated carbocycles. The molecule has 2 atom stereocenters. The van der Waals surface area contributed by atoms with Gasteiger partial charge in [0.1, 0.15) is 11.8 Å². The number of likely N-dealkylation sites (tertiary alicyclic amines) is 1. The molecule has 0 aliphatic carbocycles. The zero-order chi connectivity index (χ0) is 24.8. The number of nitrogen functional groups attached to an aromatic ring is 1. The molecule has 186 valence electrons. The number of aliphatic hydroxyl groups is 1. The Morgan fingerprint density at radius 1 is 1.14 bits per heavy atom. The van der Waals surface area contributed by atoms with Gasteiger partial charge >= 0.3 is 0 Å². The van der Waals surface area contributed by atoms with E-state index >= 15 is 0 Å². The SMILES string of the molecule is CC(=O)N1C[C@H](O)C[C@H]1c1cccc(-c2cc(-c3ccnn3C3CCOCC3)c3c(N)ncnn23)c1. The maximum absolute atomic E-state index is 12.2. The van der Waals surface area contributed by atoms with Crippen molar-refractivity contribution in [2.75, 3.05) is 25.5 Å². The summed E-state index contributed by atoms with van der Waals surface area (Å²) in [4.78, 5) is 18.2. The van der Waals surface area contributed by atoms with Crippen molar-refractivity contribution in [3.8, 4) is 22.5 Å². The van der Waals surface area contributed by atoms with Gasteiger partial charge in [0, 0.05) is 44.0 Å². The molecule has 2 aliphatic rings. The Morgan fingerprint density at radius 3 is 2.78 bits per heavy atom. The van der Waals surface area contributed by atoms with Crippen molar-refractivity contribution in [1.82, 2.24) is 29.3 Å². The number of aromatic nitrogens is 5. The minimum absolute atomic E-state index is 0.0423. The summed E-state index contributed by atoms with van der Waals surface area (Å²) < 4.78 is 9.44. The number of nitrogens with two attached hydrogens (primary N) is 1. The molecule has 5 heterocycles. The van der Waals surface area contributed by atoms with Crippen LogP contribution in [0.3, 0.4) is 0 Å². The number of carbonyl (C=O) groups excluding carboxylic acids is 1. The van der Waals surface area contributed by atoms with E-state index in [0.717, 1.165) is 59.7 Å². The lowest BCUT2D eigenvalue weighted by Gasteiger charge is -2.24. The molecule has 1 aromatic carbocycles. The molecule has 2 aliphatic heterocycles. The van der Waals surface area contributed by atoms with E-state index in [9.17, 15) is 9.90 Å². The summed E-state index contributed by atoms with van der Waals surface area (Å²) >= 11 is 0. The fourth-order valence-electron chi connectivity index (χ4n) is 5.60. The highest BCUT2D eigenvalue weighted by molar-refractivity contribution is 5.91. The number of hydrogen-bond donors (Lipinski definition) is 2. The molecule has 2 fully saturated rings. The van der Waals surface area contributed by atoms with Gasteiger partial charge in [-0.15, -0.1) is 0 Å².